The minimum Gasteiger partial charge on any atom is -0.261 e. The number of hydrogen-bond donors (Lipinski definition) is 0. The van der Waals surface area contributed by atoms with Gasteiger partial charge in [0.1, 0.15) is 5.82 Å². The molecule has 1 heterocycles. The lowest BCUT2D eigenvalue weighted by molar-refractivity contribution is 0.603. The molecule has 0 aromatic carbocycles. The van der Waals surface area contributed by atoms with E-state index in [4.69, 9.17) is 0 Å². The summed E-state index contributed by atoms with van der Waals surface area (Å²) in [5.41, 5.74) is 0.760. The van der Waals surface area contributed by atoms with E-state index in [1.54, 1.807) is 6.20 Å². The van der Waals surface area contributed by atoms with Gasteiger partial charge in [-0.15, -0.1) is 0 Å². The maximum absolute atomic E-state index is 12.8. The molecular weight excluding hydrogens is 244 g/mol. The van der Waals surface area contributed by atoms with Crippen LogP contribution in [0.5, 0.6) is 0 Å². The Bertz CT molecular complexity index is 217. The van der Waals surface area contributed by atoms with Crippen molar-refractivity contribution in [3.8, 4) is 0 Å². The minimum absolute atomic E-state index is 0.200. The highest BCUT2D eigenvalue weighted by atomic mass is 127. The molecule has 1 nitrogen and oxygen atoms in total. The molecule has 0 aliphatic rings. The Balaban J connectivity index is 3.17. The first-order valence-corrected chi connectivity index (χ1v) is 4.11. The quantitative estimate of drug-likeness (QED) is 0.698. The molecule has 0 bridgehead atoms. The van der Waals surface area contributed by atoms with Gasteiger partial charge in [0, 0.05) is 15.3 Å². The molecule has 0 radical (unpaired) electrons. The van der Waals surface area contributed by atoms with Crippen LogP contribution in [0.15, 0.2) is 12.4 Å². The van der Waals surface area contributed by atoms with Gasteiger partial charge in [-0.1, -0.05) is 6.92 Å². The van der Waals surface area contributed by atoms with E-state index in [-0.39, 0.29) is 5.82 Å². The van der Waals surface area contributed by atoms with Gasteiger partial charge in [0.15, 0.2) is 0 Å². The smallest absolute Gasteiger partial charge is 0.145 e. The van der Waals surface area contributed by atoms with Crippen LogP contribution < -0.4 is 0 Å². The summed E-state index contributed by atoms with van der Waals surface area (Å²) in [5.74, 6) is -0.200. The van der Waals surface area contributed by atoms with Gasteiger partial charge in [-0.05, 0) is 29.0 Å². The van der Waals surface area contributed by atoms with Crippen LogP contribution in [0, 0.1) is 9.39 Å². The van der Waals surface area contributed by atoms with Gasteiger partial charge in [0.05, 0.1) is 6.20 Å². The molecule has 54 valence electrons. The predicted molar refractivity (Wildman–Crippen MR) is 46.3 cm³/mol. The average molecular weight is 251 g/mol. The molecule has 0 aliphatic carbocycles. The van der Waals surface area contributed by atoms with E-state index in [1.807, 2.05) is 6.92 Å². The second-order valence-electron chi connectivity index (χ2n) is 1.94. The van der Waals surface area contributed by atoms with E-state index in [0.717, 1.165) is 15.6 Å². The van der Waals surface area contributed by atoms with E-state index in [9.17, 15) is 4.39 Å². The molecule has 0 amide bonds. The number of hydrogen-bond acceptors (Lipinski definition) is 1. The van der Waals surface area contributed by atoms with Gasteiger partial charge in [0.25, 0.3) is 0 Å². The van der Waals surface area contributed by atoms with Crippen molar-refractivity contribution in [2.45, 2.75) is 13.3 Å². The summed E-state index contributed by atoms with van der Waals surface area (Å²) >= 11 is 2.08. The topological polar surface area (TPSA) is 12.9 Å². The lowest BCUT2D eigenvalue weighted by atomic mass is 10.2. The van der Waals surface area contributed by atoms with Crippen LogP contribution in [0.1, 0.15) is 12.5 Å². The summed E-state index contributed by atoms with van der Waals surface area (Å²) < 4.78 is 13.7. The first kappa shape index (κ1) is 7.91. The van der Waals surface area contributed by atoms with E-state index in [2.05, 4.69) is 27.6 Å². The normalized spacial score (nSPS) is 9.90. The molecule has 0 N–H and O–H groups in total. The zero-order valence-corrected chi connectivity index (χ0v) is 7.72. The Morgan fingerprint density at radius 1 is 1.60 bits per heavy atom. The summed E-state index contributed by atoms with van der Waals surface area (Å²) in [6, 6.07) is 0. The molecule has 1 aromatic rings. The number of pyridine rings is 1. The molecule has 0 fully saturated rings. The van der Waals surface area contributed by atoms with E-state index < -0.39 is 0 Å². The van der Waals surface area contributed by atoms with Crippen molar-refractivity contribution in [3.05, 3.63) is 27.3 Å². The molecule has 10 heavy (non-hydrogen) atoms. The molecule has 0 saturated heterocycles. The van der Waals surface area contributed by atoms with Gasteiger partial charge < -0.3 is 0 Å². The van der Waals surface area contributed by atoms with Crippen molar-refractivity contribution in [2.75, 3.05) is 0 Å². The molecule has 3 heteroatoms. The first-order chi connectivity index (χ1) is 4.75. The second-order valence-corrected chi connectivity index (χ2v) is 3.10. The fraction of sp³-hybridized carbons (Fsp3) is 0.286. The van der Waals surface area contributed by atoms with E-state index >= 15 is 0 Å². The zero-order valence-electron chi connectivity index (χ0n) is 5.56. The van der Waals surface area contributed by atoms with Crippen molar-refractivity contribution in [2.24, 2.45) is 0 Å². The molecule has 1 rings (SSSR count). The van der Waals surface area contributed by atoms with Crippen LogP contribution in [-0.4, -0.2) is 4.98 Å². The van der Waals surface area contributed by atoms with Crippen molar-refractivity contribution in [1.29, 1.82) is 0 Å². The van der Waals surface area contributed by atoms with Gasteiger partial charge in [-0.25, -0.2) is 4.39 Å². The highest BCUT2D eigenvalue weighted by molar-refractivity contribution is 14.1. The summed E-state index contributed by atoms with van der Waals surface area (Å²) in [6.45, 7) is 1.93. The molecule has 1 aromatic heterocycles. The summed E-state index contributed by atoms with van der Waals surface area (Å²) in [4.78, 5) is 3.71. The van der Waals surface area contributed by atoms with Gasteiger partial charge in [0.2, 0.25) is 0 Å². The molecule has 0 saturated carbocycles. The van der Waals surface area contributed by atoms with Crippen molar-refractivity contribution in [3.63, 3.8) is 0 Å². The van der Waals surface area contributed by atoms with Crippen molar-refractivity contribution >= 4 is 22.6 Å². The van der Waals surface area contributed by atoms with E-state index in [0.29, 0.717) is 0 Å². The Morgan fingerprint density at radius 2 is 2.30 bits per heavy atom. The maximum atomic E-state index is 12.8. The Kier molecular flexibility index (Phi) is 2.59. The van der Waals surface area contributed by atoms with Crippen molar-refractivity contribution < 1.29 is 4.39 Å². The molecule has 0 unspecified atom stereocenters. The third kappa shape index (κ3) is 1.45. The number of nitrogens with zero attached hydrogens (tertiary/aromatic N) is 1. The minimum atomic E-state index is -0.200. The third-order valence-electron chi connectivity index (χ3n) is 1.31. The second kappa shape index (κ2) is 3.27. The molecule has 0 spiro atoms. The predicted octanol–water partition coefficient (Wildman–Crippen LogP) is 2.39. The number of rotatable bonds is 1. The highest BCUT2D eigenvalue weighted by Gasteiger charge is 2.02. The Morgan fingerprint density at radius 3 is 2.70 bits per heavy atom. The SMILES string of the molecule is CCc1c(F)cncc1I. The molecular formula is C7H7FIN. The molecule has 0 aliphatic heterocycles. The zero-order chi connectivity index (χ0) is 7.56. The molecule has 0 atom stereocenters. The fourth-order valence-corrected chi connectivity index (χ4v) is 1.58. The van der Waals surface area contributed by atoms with Gasteiger partial charge >= 0.3 is 0 Å². The first-order valence-electron chi connectivity index (χ1n) is 3.03. The number of halogens is 2. The summed E-state index contributed by atoms with van der Waals surface area (Å²) in [7, 11) is 0. The van der Waals surface area contributed by atoms with Crippen molar-refractivity contribution in [1.82, 2.24) is 4.98 Å². The summed E-state index contributed by atoms with van der Waals surface area (Å²) in [6.07, 6.45) is 3.65. The standard InChI is InChI=1S/C7H7FIN/c1-2-5-6(8)3-10-4-7(5)9/h3-4H,2H2,1H3. The average Bonchev–Trinajstić information content (AvgIpc) is 1.88. The Labute approximate surface area is 72.8 Å². The van der Waals surface area contributed by atoms with Crippen LogP contribution in [0.4, 0.5) is 4.39 Å². The maximum Gasteiger partial charge on any atom is 0.145 e. The lowest BCUT2D eigenvalue weighted by Crippen LogP contribution is -1.92. The Hall–Kier alpha value is -0.190. The van der Waals surface area contributed by atoms with Crippen LogP contribution in [0.2, 0.25) is 0 Å². The monoisotopic (exact) mass is 251 g/mol. The largest absolute Gasteiger partial charge is 0.261 e. The number of aromatic nitrogens is 1. The van der Waals surface area contributed by atoms with Gasteiger partial charge in [-0.2, -0.15) is 0 Å². The highest BCUT2D eigenvalue weighted by Crippen LogP contribution is 2.13. The van der Waals surface area contributed by atoms with Crippen LogP contribution in [0.25, 0.3) is 0 Å². The lowest BCUT2D eigenvalue weighted by Gasteiger charge is -1.99. The summed E-state index contributed by atoms with van der Waals surface area (Å²) in [5, 5.41) is 0. The van der Waals surface area contributed by atoms with Crippen LogP contribution in [-0.2, 0) is 6.42 Å². The van der Waals surface area contributed by atoms with Crippen LogP contribution >= 0.6 is 22.6 Å². The van der Waals surface area contributed by atoms with Crippen LogP contribution in [0.3, 0.4) is 0 Å². The fourth-order valence-electron chi connectivity index (χ4n) is 0.776. The van der Waals surface area contributed by atoms with E-state index in [1.165, 1.54) is 6.20 Å². The third-order valence-corrected chi connectivity index (χ3v) is 2.24. The van der Waals surface area contributed by atoms with Gasteiger partial charge in [-0.3, -0.25) is 4.98 Å².